The van der Waals surface area contributed by atoms with Crippen molar-refractivity contribution in [1.29, 1.82) is 0 Å². The molecule has 0 radical (unpaired) electrons. The standard InChI is InChI=1S/C14H25N3O2/c1-3-4-8-17(9-7-15)12(2)14(18)16-11-13-6-5-10-19-13/h5-6,10,12H,3-4,7-9,11,15H2,1-2H3,(H,16,18). The SMILES string of the molecule is CCCCN(CCN)C(C)C(=O)NCc1ccco1. The maximum Gasteiger partial charge on any atom is 0.237 e. The highest BCUT2D eigenvalue weighted by Crippen LogP contribution is 2.04. The van der Waals surface area contributed by atoms with Crippen molar-refractivity contribution < 1.29 is 9.21 Å². The molecule has 0 aliphatic heterocycles. The Balaban J connectivity index is 2.42. The summed E-state index contributed by atoms with van der Waals surface area (Å²) in [6.45, 7) is 6.71. The summed E-state index contributed by atoms with van der Waals surface area (Å²) in [5.74, 6) is 0.778. The van der Waals surface area contributed by atoms with Crippen molar-refractivity contribution >= 4 is 5.91 Å². The average molecular weight is 267 g/mol. The highest BCUT2D eigenvalue weighted by Gasteiger charge is 2.20. The van der Waals surface area contributed by atoms with Gasteiger partial charge >= 0.3 is 0 Å². The second kappa shape index (κ2) is 8.72. The molecular formula is C14H25N3O2. The molecule has 0 saturated carbocycles. The fraction of sp³-hybridized carbons (Fsp3) is 0.643. The van der Waals surface area contributed by atoms with Gasteiger partial charge in [0.15, 0.2) is 0 Å². The molecule has 1 amide bonds. The first-order valence-corrected chi connectivity index (χ1v) is 6.93. The molecule has 1 aromatic rings. The molecule has 0 saturated heterocycles. The zero-order valence-corrected chi connectivity index (χ0v) is 11.9. The Morgan fingerprint density at radius 3 is 2.89 bits per heavy atom. The molecule has 0 fully saturated rings. The third kappa shape index (κ3) is 5.44. The molecule has 0 bridgehead atoms. The van der Waals surface area contributed by atoms with Crippen molar-refractivity contribution in [3.05, 3.63) is 24.2 Å². The number of amides is 1. The van der Waals surface area contributed by atoms with Crippen LogP contribution in [0.1, 0.15) is 32.4 Å². The second-order valence-corrected chi connectivity index (χ2v) is 4.65. The minimum Gasteiger partial charge on any atom is -0.467 e. The molecule has 1 heterocycles. The molecular weight excluding hydrogens is 242 g/mol. The van der Waals surface area contributed by atoms with E-state index in [9.17, 15) is 4.79 Å². The molecule has 0 aliphatic carbocycles. The van der Waals surface area contributed by atoms with E-state index in [2.05, 4.69) is 17.1 Å². The van der Waals surface area contributed by atoms with Crippen LogP contribution in [0.2, 0.25) is 0 Å². The van der Waals surface area contributed by atoms with E-state index in [1.165, 1.54) is 0 Å². The van der Waals surface area contributed by atoms with Crippen LogP contribution in [-0.4, -0.2) is 36.5 Å². The van der Waals surface area contributed by atoms with Crippen LogP contribution < -0.4 is 11.1 Å². The van der Waals surface area contributed by atoms with Crippen LogP contribution in [0.4, 0.5) is 0 Å². The maximum atomic E-state index is 12.1. The lowest BCUT2D eigenvalue weighted by atomic mass is 10.2. The van der Waals surface area contributed by atoms with Gasteiger partial charge in [-0.3, -0.25) is 9.69 Å². The van der Waals surface area contributed by atoms with Gasteiger partial charge in [0.05, 0.1) is 18.8 Å². The van der Waals surface area contributed by atoms with Crippen LogP contribution in [0.15, 0.2) is 22.8 Å². The van der Waals surface area contributed by atoms with Crippen molar-refractivity contribution in [2.75, 3.05) is 19.6 Å². The topological polar surface area (TPSA) is 71.5 Å². The molecule has 19 heavy (non-hydrogen) atoms. The van der Waals surface area contributed by atoms with E-state index >= 15 is 0 Å². The lowest BCUT2D eigenvalue weighted by Gasteiger charge is -2.27. The van der Waals surface area contributed by atoms with Gasteiger partial charge in [-0.05, 0) is 32.0 Å². The number of nitrogens with one attached hydrogen (secondary N) is 1. The Morgan fingerprint density at radius 1 is 1.53 bits per heavy atom. The summed E-state index contributed by atoms with van der Waals surface area (Å²) < 4.78 is 5.19. The number of nitrogens with zero attached hydrogens (tertiary/aromatic N) is 1. The molecule has 0 aromatic carbocycles. The highest BCUT2D eigenvalue weighted by atomic mass is 16.3. The number of carbonyl (C=O) groups is 1. The summed E-state index contributed by atoms with van der Waals surface area (Å²) in [7, 11) is 0. The summed E-state index contributed by atoms with van der Waals surface area (Å²) in [5.41, 5.74) is 5.60. The second-order valence-electron chi connectivity index (χ2n) is 4.65. The zero-order chi connectivity index (χ0) is 14.1. The van der Waals surface area contributed by atoms with Crippen LogP contribution in [0.5, 0.6) is 0 Å². The molecule has 1 atom stereocenters. The molecule has 108 valence electrons. The van der Waals surface area contributed by atoms with Crippen molar-refractivity contribution in [3.63, 3.8) is 0 Å². The first-order valence-electron chi connectivity index (χ1n) is 6.93. The monoisotopic (exact) mass is 267 g/mol. The molecule has 0 aliphatic rings. The fourth-order valence-corrected chi connectivity index (χ4v) is 1.93. The van der Waals surface area contributed by atoms with Crippen LogP contribution in [-0.2, 0) is 11.3 Å². The minimum atomic E-state index is -0.162. The van der Waals surface area contributed by atoms with E-state index in [0.29, 0.717) is 13.1 Å². The Kier molecular flexibility index (Phi) is 7.22. The van der Waals surface area contributed by atoms with Crippen molar-refractivity contribution in [3.8, 4) is 0 Å². The van der Waals surface area contributed by atoms with Gasteiger partial charge in [-0.15, -0.1) is 0 Å². The van der Waals surface area contributed by atoms with Gasteiger partial charge in [0.2, 0.25) is 5.91 Å². The Labute approximate surface area is 115 Å². The highest BCUT2D eigenvalue weighted by molar-refractivity contribution is 5.81. The van der Waals surface area contributed by atoms with Gasteiger partial charge in [0, 0.05) is 13.1 Å². The van der Waals surface area contributed by atoms with E-state index in [1.54, 1.807) is 6.26 Å². The van der Waals surface area contributed by atoms with Gasteiger partial charge in [-0.25, -0.2) is 0 Å². The molecule has 0 spiro atoms. The molecule has 5 heteroatoms. The lowest BCUT2D eigenvalue weighted by Crippen LogP contribution is -2.47. The quantitative estimate of drug-likeness (QED) is 0.708. The van der Waals surface area contributed by atoms with Gasteiger partial charge < -0.3 is 15.5 Å². The van der Waals surface area contributed by atoms with Crippen molar-refractivity contribution in [2.24, 2.45) is 5.73 Å². The molecule has 1 aromatic heterocycles. The maximum absolute atomic E-state index is 12.1. The van der Waals surface area contributed by atoms with Crippen LogP contribution in [0.3, 0.4) is 0 Å². The van der Waals surface area contributed by atoms with E-state index in [0.717, 1.165) is 31.7 Å². The Bertz CT molecular complexity index is 352. The van der Waals surface area contributed by atoms with Crippen molar-refractivity contribution in [2.45, 2.75) is 39.3 Å². The summed E-state index contributed by atoms with van der Waals surface area (Å²) in [4.78, 5) is 14.2. The normalized spacial score (nSPS) is 12.6. The number of carbonyl (C=O) groups excluding carboxylic acids is 1. The molecule has 5 nitrogen and oxygen atoms in total. The van der Waals surface area contributed by atoms with Crippen LogP contribution in [0, 0.1) is 0 Å². The van der Waals surface area contributed by atoms with E-state index in [4.69, 9.17) is 10.2 Å². The Hall–Kier alpha value is -1.33. The molecule has 1 unspecified atom stereocenters. The predicted molar refractivity (Wildman–Crippen MR) is 75.6 cm³/mol. The minimum absolute atomic E-state index is 0.0148. The van der Waals surface area contributed by atoms with Crippen LogP contribution >= 0.6 is 0 Å². The van der Waals surface area contributed by atoms with E-state index < -0.39 is 0 Å². The average Bonchev–Trinajstić information content (AvgIpc) is 2.93. The van der Waals surface area contributed by atoms with Crippen molar-refractivity contribution in [1.82, 2.24) is 10.2 Å². The summed E-state index contributed by atoms with van der Waals surface area (Å²) in [6, 6.07) is 3.50. The van der Waals surface area contributed by atoms with Crippen LogP contribution in [0.25, 0.3) is 0 Å². The largest absolute Gasteiger partial charge is 0.467 e. The summed E-state index contributed by atoms with van der Waals surface area (Å²) in [5, 5.41) is 2.88. The number of nitrogens with two attached hydrogens (primary N) is 1. The first kappa shape index (κ1) is 15.7. The number of hydrogen-bond donors (Lipinski definition) is 2. The zero-order valence-electron chi connectivity index (χ0n) is 11.9. The number of rotatable bonds is 9. The van der Waals surface area contributed by atoms with Gasteiger partial charge in [0.1, 0.15) is 5.76 Å². The number of hydrogen-bond acceptors (Lipinski definition) is 4. The smallest absolute Gasteiger partial charge is 0.237 e. The number of unbranched alkanes of at least 4 members (excludes halogenated alkanes) is 1. The summed E-state index contributed by atoms with van der Waals surface area (Å²) in [6.07, 6.45) is 3.80. The van der Waals surface area contributed by atoms with Gasteiger partial charge in [-0.2, -0.15) is 0 Å². The molecule has 3 N–H and O–H groups in total. The molecule has 1 rings (SSSR count). The summed E-state index contributed by atoms with van der Waals surface area (Å²) >= 11 is 0. The van der Waals surface area contributed by atoms with E-state index in [-0.39, 0.29) is 11.9 Å². The van der Waals surface area contributed by atoms with Gasteiger partial charge in [-0.1, -0.05) is 13.3 Å². The third-order valence-corrected chi connectivity index (χ3v) is 3.16. The third-order valence-electron chi connectivity index (χ3n) is 3.16. The van der Waals surface area contributed by atoms with Gasteiger partial charge in [0.25, 0.3) is 0 Å². The Morgan fingerprint density at radius 2 is 2.32 bits per heavy atom. The fourth-order valence-electron chi connectivity index (χ4n) is 1.93. The predicted octanol–water partition coefficient (Wildman–Crippen LogP) is 1.35. The number of furan rings is 1. The van der Waals surface area contributed by atoms with E-state index in [1.807, 2.05) is 19.1 Å². The first-order chi connectivity index (χ1) is 9.19. The lowest BCUT2D eigenvalue weighted by molar-refractivity contribution is -0.126.